The second-order valence-electron chi connectivity index (χ2n) is 4.93. The minimum atomic E-state index is -0.848. The molecule has 0 saturated carbocycles. The van der Waals surface area contributed by atoms with E-state index in [1.165, 1.54) is 0 Å². The Balaban J connectivity index is 2.30. The van der Waals surface area contributed by atoms with E-state index in [2.05, 4.69) is 0 Å². The zero-order valence-corrected chi connectivity index (χ0v) is 11.9. The molecule has 1 heterocycles. The Bertz CT molecular complexity index is 599. The second-order valence-corrected chi connectivity index (χ2v) is 4.93. The molecule has 0 atom stereocenters. The van der Waals surface area contributed by atoms with E-state index in [0.717, 1.165) is 6.42 Å². The maximum Gasteiger partial charge on any atom is 0.324 e. The van der Waals surface area contributed by atoms with Gasteiger partial charge in [-0.1, -0.05) is 6.92 Å². The topological polar surface area (TPSA) is 117 Å². The van der Waals surface area contributed by atoms with Gasteiger partial charge in [0.25, 0.3) is 5.91 Å². The molecule has 2 rings (SSSR count). The molecular weight excluding hydrogens is 270 g/mol. The van der Waals surface area contributed by atoms with Crippen molar-refractivity contribution in [2.24, 2.45) is 5.73 Å². The summed E-state index contributed by atoms with van der Waals surface area (Å²) in [5.74, 6) is -0.848. The molecule has 0 unspecified atom stereocenters. The number of urea groups is 1. The molecule has 0 radical (unpaired) electrons. The van der Waals surface area contributed by atoms with E-state index in [9.17, 15) is 9.59 Å². The molecule has 0 aromatic heterocycles. The molecular formula is C14H19N5O2. The Morgan fingerprint density at radius 3 is 2.71 bits per heavy atom. The smallest absolute Gasteiger partial charge is 0.324 e. The van der Waals surface area contributed by atoms with Crippen molar-refractivity contribution in [3.63, 3.8) is 0 Å². The van der Waals surface area contributed by atoms with Crippen molar-refractivity contribution in [2.45, 2.75) is 13.3 Å². The quantitative estimate of drug-likeness (QED) is 0.549. The van der Waals surface area contributed by atoms with E-state index in [-0.39, 0.29) is 17.3 Å². The number of carbonyl (C=O) groups excluding carboxylic acids is 2. The molecule has 1 aromatic carbocycles. The fraction of sp³-hybridized carbons (Fsp3) is 0.357. The number of carbonyl (C=O) groups is 2. The number of nitrogens with zero attached hydrogens (tertiary/aromatic N) is 2. The van der Waals surface area contributed by atoms with Crippen LogP contribution in [0.4, 0.5) is 16.2 Å². The van der Waals surface area contributed by atoms with Gasteiger partial charge in [-0.15, -0.1) is 0 Å². The molecule has 7 nitrogen and oxygen atoms in total. The van der Waals surface area contributed by atoms with Crippen molar-refractivity contribution in [3.8, 4) is 0 Å². The Labute approximate surface area is 123 Å². The first-order chi connectivity index (χ1) is 9.95. The summed E-state index contributed by atoms with van der Waals surface area (Å²) in [6.07, 6.45) is 0.902. The molecule has 0 aliphatic carbocycles. The van der Waals surface area contributed by atoms with Gasteiger partial charge in [0.2, 0.25) is 0 Å². The minimum absolute atomic E-state index is 0.0711. The third-order valence-corrected chi connectivity index (χ3v) is 3.45. The van der Waals surface area contributed by atoms with Gasteiger partial charge in [-0.05, 0) is 24.6 Å². The Morgan fingerprint density at radius 1 is 1.38 bits per heavy atom. The van der Waals surface area contributed by atoms with Gasteiger partial charge in [-0.3, -0.25) is 15.1 Å². The van der Waals surface area contributed by atoms with Gasteiger partial charge in [-0.2, -0.15) is 0 Å². The number of anilines is 2. The number of benzene rings is 1. The van der Waals surface area contributed by atoms with Crippen LogP contribution in [0.2, 0.25) is 0 Å². The van der Waals surface area contributed by atoms with Gasteiger partial charge in [0.1, 0.15) is 5.71 Å². The van der Waals surface area contributed by atoms with Crippen LogP contribution < -0.4 is 16.4 Å². The first-order valence-corrected chi connectivity index (χ1v) is 6.80. The van der Waals surface area contributed by atoms with Crippen LogP contribution in [0.3, 0.4) is 0 Å². The van der Waals surface area contributed by atoms with Gasteiger partial charge in [0.05, 0.1) is 0 Å². The molecule has 112 valence electrons. The number of nitrogens with two attached hydrogens (primary N) is 2. The van der Waals surface area contributed by atoms with Crippen molar-refractivity contribution < 1.29 is 9.59 Å². The lowest BCUT2D eigenvalue weighted by Gasteiger charge is -2.19. The number of nitrogens with one attached hydrogen (secondary N) is 1. The largest absolute Gasteiger partial charge is 0.398 e. The average molecular weight is 289 g/mol. The zero-order chi connectivity index (χ0) is 15.6. The average Bonchev–Trinajstić information content (AvgIpc) is 2.81. The number of primary amides is 1. The highest BCUT2D eigenvalue weighted by Crippen LogP contribution is 2.25. The van der Waals surface area contributed by atoms with Crippen molar-refractivity contribution >= 4 is 29.0 Å². The zero-order valence-electron chi connectivity index (χ0n) is 11.9. The maximum absolute atomic E-state index is 12.3. The van der Waals surface area contributed by atoms with E-state index in [1.807, 2.05) is 6.92 Å². The molecule has 1 aromatic rings. The molecule has 5 N–H and O–H groups in total. The Hall–Kier alpha value is -2.57. The molecule has 7 heteroatoms. The highest BCUT2D eigenvalue weighted by molar-refractivity contribution is 6.44. The van der Waals surface area contributed by atoms with Crippen LogP contribution >= 0.6 is 0 Å². The van der Waals surface area contributed by atoms with Gasteiger partial charge in [0, 0.05) is 36.6 Å². The SMILES string of the molecule is CCCN1CCN(c2ccc(N)c(C(=N)C(N)=O)c2)C1=O. The summed E-state index contributed by atoms with van der Waals surface area (Å²) in [5, 5.41) is 7.68. The van der Waals surface area contributed by atoms with Crippen molar-refractivity contribution in [2.75, 3.05) is 30.3 Å². The number of rotatable bonds is 5. The highest BCUT2D eigenvalue weighted by Gasteiger charge is 2.29. The predicted octanol–water partition coefficient (Wildman–Crippen LogP) is 0.774. The van der Waals surface area contributed by atoms with Crippen molar-refractivity contribution in [3.05, 3.63) is 23.8 Å². The van der Waals surface area contributed by atoms with Crippen LogP contribution in [0.1, 0.15) is 18.9 Å². The van der Waals surface area contributed by atoms with E-state index in [1.54, 1.807) is 28.0 Å². The molecule has 3 amide bonds. The standard InChI is InChI=1S/C14H19N5O2/c1-2-5-18-6-7-19(14(18)21)9-3-4-11(15)10(8-9)12(16)13(17)20/h3-4,8,16H,2,5-7,15H2,1H3,(H2,17,20). The lowest BCUT2D eigenvalue weighted by Crippen LogP contribution is -2.32. The molecule has 0 spiro atoms. The molecule has 1 fully saturated rings. The predicted molar refractivity (Wildman–Crippen MR) is 81.5 cm³/mol. The molecule has 1 saturated heterocycles. The summed E-state index contributed by atoms with van der Waals surface area (Å²) in [6.45, 7) is 3.98. The number of hydrogen-bond donors (Lipinski definition) is 3. The number of nitrogen functional groups attached to an aromatic ring is 1. The minimum Gasteiger partial charge on any atom is -0.398 e. The summed E-state index contributed by atoms with van der Waals surface area (Å²) in [4.78, 5) is 26.8. The van der Waals surface area contributed by atoms with Gasteiger partial charge in [-0.25, -0.2) is 4.79 Å². The fourth-order valence-electron chi connectivity index (χ4n) is 2.36. The van der Waals surface area contributed by atoms with Crippen LogP contribution in [0.25, 0.3) is 0 Å². The van der Waals surface area contributed by atoms with Crippen LogP contribution in [0.5, 0.6) is 0 Å². The van der Waals surface area contributed by atoms with Crippen LogP contribution in [0, 0.1) is 5.41 Å². The van der Waals surface area contributed by atoms with E-state index in [0.29, 0.717) is 31.0 Å². The molecule has 21 heavy (non-hydrogen) atoms. The van der Waals surface area contributed by atoms with Gasteiger partial charge < -0.3 is 16.4 Å². The summed E-state index contributed by atoms with van der Waals surface area (Å²) in [5.41, 5.74) is 11.7. The van der Waals surface area contributed by atoms with E-state index >= 15 is 0 Å². The number of hydrogen-bond acceptors (Lipinski definition) is 4. The third kappa shape index (κ3) is 2.81. The third-order valence-electron chi connectivity index (χ3n) is 3.45. The molecule has 0 bridgehead atoms. The monoisotopic (exact) mass is 289 g/mol. The summed E-state index contributed by atoms with van der Waals surface area (Å²) >= 11 is 0. The van der Waals surface area contributed by atoms with Gasteiger partial charge in [0.15, 0.2) is 0 Å². The highest BCUT2D eigenvalue weighted by atomic mass is 16.2. The lowest BCUT2D eigenvalue weighted by molar-refractivity contribution is -0.112. The summed E-state index contributed by atoms with van der Waals surface area (Å²) in [7, 11) is 0. The first-order valence-electron chi connectivity index (χ1n) is 6.80. The van der Waals surface area contributed by atoms with Gasteiger partial charge >= 0.3 is 6.03 Å². The fourth-order valence-corrected chi connectivity index (χ4v) is 2.36. The Kier molecular flexibility index (Phi) is 4.11. The lowest BCUT2D eigenvalue weighted by atomic mass is 10.1. The number of amides is 3. The van der Waals surface area contributed by atoms with E-state index in [4.69, 9.17) is 16.9 Å². The molecule has 1 aliphatic heterocycles. The summed E-state index contributed by atoms with van der Waals surface area (Å²) in [6, 6.07) is 4.78. The van der Waals surface area contributed by atoms with Crippen LogP contribution in [0.15, 0.2) is 18.2 Å². The Morgan fingerprint density at radius 2 is 2.10 bits per heavy atom. The summed E-state index contributed by atoms with van der Waals surface area (Å²) < 4.78 is 0. The van der Waals surface area contributed by atoms with Crippen molar-refractivity contribution in [1.82, 2.24) is 4.90 Å². The normalized spacial score (nSPS) is 14.6. The first kappa shape index (κ1) is 14.8. The van der Waals surface area contributed by atoms with E-state index < -0.39 is 5.91 Å². The van der Waals surface area contributed by atoms with Crippen LogP contribution in [-0.2, 0) is 4.79 Å². The van der Waals surface area contributed by atoms with Crippen LogP contribution in [-0.4, -0.2) is 42.2 Å². The maximum atomic E-state index is 12.3. The van der Waals surface area contributed by atoms with Crippen molar-refractivity contribution in [1.29, 1.82) is 5.41 Å². The second kappa shape index (κ2) is 5.82. The molecule has 1 aliphatic rings.